The molecule has 0 aromatic carbocycles. The summed E-state index contributed by atoms with van der Waals surface area (Å²) < 4.78 is 25.8. The first-order valence-electron chi connectivity index (χ1n) is 5.33. The highest BCUT2D eigenvalue weighted by Crippen LogP contribution is 2.26. The number of hydrogen-bond donors (Lipinski definition) is 0. The van der Waals surface area contributed by atoms with Crippen molar-refractivity contribution in [2.75, 3.05) is 13.1 Å². The van der Waals surface area contributed by atoms with Crippen molar-refractivity contribution in [3.05, 3.63) is 17.0 Å². The molecule has 1 aliphatic rings. The quantitative estimate of drug-likeness (QED) is 0.793. The Morgan fingerprint density at radius 3 is 2.41 bits per heavy atom. The van der Waals surface area contributed by atoms with E-state index in [0.717, 1.165) is 30.6 Å². The van der Waals surface area contributed by atoms with Crippen molar-refractivity contribution in [3.63, 3.8) is 0 Å². The molecule has 1 aromatic heterocycles. The summed E-state index contributed by atoms with van der Waals surface area (Å²) in [5, 5.41) is 10.6. The molecule has 1 aromatic rings. The summed E-state index contributed by atoms with van der Waals surface area (Å²) in [5.74, 6) is -1.34. The van der Waals surface area contributed by atoms with Crippen LogP contribution in [-0.2, 0) is 10.0 Å². The molecular weight excluding hydrogens is 262 g/mol. The fourth-order valence-corrected chi connectivity index (χ4v) is 4.61. The second kappa shape index (κ2) is 4.75. The Balaban J connectivity index is 2.27. The summed E-state index contributed by atoms with van der Waals surface area (Å²) in [6.07, 6.45) is 2.76. The first-order valence-corrected chi connectivity index (χ1v) is 7.59. The van der Waals surface area contributed by atoms with E-state index in [9.17, 15) is 18.3 Å². The molecule has 0 spiro atoms. The molecule has 0 atom stereocenters. The lowest BCUT2D eigenvalue weighted by Crippen LogP contribution is -2.35. The second-order valence-electron chi connectivity index (χ2n) is 3.87. The van der Waals surface area contributed by atoms with Gasteiger partial charge in [0, 0.05) is 13.1 Å². The number of thiophene rings is 1. The molecule has 0 bridgehead atoms. The first-order chi connectivity index (χ1) is 8.01. The number of piperidine rings is 1. The van der Waals surface area contributed by atoms with Gasteiger partial charge in [-0.25, -0.2) is 8.42 Å². The Hall–Kier alpha value is -0.920. The number of aromatic carboxylic acids is 1. The molecule has 1 aliphatic heterocycles. The summed E-state index contributed by atoms with van der Waals surface area (Å²) in [7, 11) is -3.51. The Morgan fingerprint density at radius 2 is 1.88 bits per heavy atom. The topological polar surface area (TPSA) is 77.5 Å². The predicted molar refractivity (Wildman–Crippen MR) is 61.3 cm³/mol. The zero-order valence-electron chi connectivity index (χ0n) is 9.09. The smallest absolute Gasteiger partial charge is 0.252 e. The standard InChI is InChI=1S/C10H13NO4S2/c12-10(13)8-4-5-9(16-8)17(14,15)11-6-2-1-3-7-11/h4-5H,1-3,6-7H2,(H,12,13)/p-1. The van der Waals surface area contributed by atoms with E-state index in [0.29, 0.717) is 13.1 Å². The lowest BCUT2D eigenvalue weighted by atomic mass is 10.2. The lowest BCUT2D eigenvalue weighted by molar-refractivity contribution is -0.254. The minimum Gasteiger partial charge on any atom is -0.544 e. The van der Waals surface area contributed by atoms with E-state index in [4.69, 9.17) is 0 Å². The molecule has 17 heavy (non-hydrogen) atoms. The SMILES string of the molecule is O=C([O-])c1ccc(S(=O)(=O)N2CCCCC2)s1. The highest BCUT2D eigenvalue weighted by Gasteiger charge is 2.27. The lowest BCUT2D eigenvalue weighted by Gasteiger charge is -2.25. The van der Waals surface area contributed by atoms with Crippen LogP contribution in [0.4, 0.5) is 0 Å². The summed E-state index contributed by atoms with van der Waals surface area (Å²) >= 11 is 0.750. The zero-order valence-corrected chi connectivity index (χ0v) is 10.7. The third-order valence-corrected chi connectivity index (χ3v) is 6.12. The van der Waals surface area contributed by atoms with Crippen molar-refractivity contribution < 1.29 is 18.3 Å². The third-order valence-electron chi connectivity index (χ3n) is 2.69. The Bertz CT molecular complexity index is 514. The molecule has 0 aliphatic carbocycles. The summed E-state index contributed by atoms with van der Waals surface area (Å²) in [5.41, 5.74) is 0. The highest BCUT2D eigenvalue weighted by molar-refractivity contribution is 7.91. The molecule has 0 N–H and O–H groups in total. The molecule has 0 saturated carbocycles. The normalized spacial score (nSPS) is 18.1. The Morgan fingerprint density at radius 1 is 1.24 bits per heavy atom. The largest absolute Gasteiger partial charge is 0.544 e. The van der Waals surface area contributed by atoms with Gasteiger partial charge in [-0.2, -0.15) is 4.31 Å². The molecule has 5 nitrogen and oxygen atoms in total. The average Bonchev–Trinajstić information content (AvgIpc) is 2.80. The third kappa shape index (κ3) is 2.51. The van der Waals surface area contributed by atoms with E-state index in [-0.39, 0.29) is 9.09 Å². The van der Waals surface area contributed by atoms with E-state index in [1.807, 2.05) is 0 Å². The maximum atomic E-state index is 12.1. The summed E-state index contributed by atoms with van der Waals surface area (Å²) in [6.45, 7) is 1.03. The van der Waals surface area contributed by atoms with Crippen LogP contribution < -0.4 is 5.11 Å². The number of sulfonamides is 1. The van der Waals surface area contributed by atoms with Gasteiger partial charge in [0.25, 0.3) is 10.0 Å². The van der Waals surface area contributed by atoms with Gasteiger partial charge < -0.3 is 9.90 Å². The van der Waals surface area contributed by atoms with Crippen LogP contribution in [0.5, 0.6) is 0 Å². The number of carboxylic acids is 1. The fraction of sp³-hybridized carbons (Fsp3) is 0.500. The van der Waals surface area contributed by atoms with Crippen LogP contribution in [0.2, 0.25) is 0 Å². The van der Waals surface area contributed by atoms with Crippen molar-refractivity contribution in [2.45, 2.75) is 23.5 Å². The second-order valence-corrected chi connectivity index (χ2v) is 7.12. The van der Waals surface area contributed by atoms with Crippen molar-refractivity contribution in [3.8, 4) is 0 Å². The van der Waals surface area contributed by atoms with Crippen LogP contribution in [-0.4, -0.2) is 31.8 Å². The molecule has 1 fully saturated rings. The minimum atomic E-state index is -3.51. The van der Waals surface area contributed by atoms with Gasteiger partial charge in [-0.1, -0.05) is 6.42 Å². The molecule has 1 saturated heterocycles. The van der Waals surface area contributed by atoms with E-state index >= 15 is 0 Å². The summed E-state index contributed by atoms with van der Waals surface area (Å²) in [4.78, 5) is 10.6. The van der Waals surface area contributed by atoms with Crippen LogP contribution in [0.15, 0.2) is 16.3 Å². The Kier molecular flexibility index (Phi) is 3.50. The van der Waals surface area contributed by atoms with Crippen LogP contribution in [0.3, 0.4) is 0 Å². The van der Waals surface area contributed by atoms with Gasteiger partial charge in [-0.05, 0) is 25.0 Å². The molecule has 0 unspecified atom stereocenters. The number of carboxylic acid groups (broad SMARTS) is 1. The summed E-state index contributed by atoms with van der Waals surface area (Å²) in [6, 6.07) is 2.61. The molecular formula is C10H12NO4S2-. The fourth-order valence-electron chi connectivity index (χ4n) is 1.80. The highest BCUT2D eigenvalue weighted by atomic mass is 32.2. The van der Waals surface area contributed by atoms with Gasteiger partial charge in [-0.3, -0.25) is 0 Å². The van der Waals surface area contributed by atoms with E-state index in [1.54, 1.807) is 0 Å². The number of carbonyl (C=O) groups is 1. The van der Waals surface area contributed by atoms with Gasteiger partial charge in [0.05, 0.1) is 10.8 Å². The van der Waals surface area contributed by atoms with Crippen LogP contribution >= 0.6 is 11.3 Å². The van der Waals surface area contributed by atoms with E-state index in [2.05, 4.69) is 0 Å². The van der Waals surface area contributed by atoms with Gasteiger partial charge in [-0.15, -0.1) is 11.3 Å². The molecule has 94 valence electrons. The van der Waals surface area contributed by atoms with Gasteiger partial charge >= 0.3 is 0 Å². The molecule has 0 amide bonds. The molecule has 7 heteroatoms. The van der Waals surface area contributed by atoms with Gasteiger partial charge in [0.15, 0.2) is 0 Å². The number of rotatable bonds is 3. The molecule has 0 radical (unpaired) electrons. The van der Waals surface area contributed by atoms with Crippen LogP contribution in [0.25, 0.3) is 0 Å². The van der Waals surface area contributed by atoms with Gasteiger partial charge in [0.2, 0.25) is 0 Å². The van der Waals surface area contributed by atoms with E-state index < -0.39 is 16.0 Å². The number of carbonyl (C=O) groups excluding carboxylic acids is 1. The molecule has 2 heterocycles. The van der Waals surface area contributed by atoms with Gasteiger partial charge in [0.1, 0.15) is 4.21 Å². The minimum absolute atomic E-state index is 0.0550. The van der Waals surface area contributed by atoms with Crippen molar-refractivity contribution >= 4 is 27.3 Å². The zero-order chi connectivity index (χ0) is 12.5. The number of nitrogens with zero attached hydrogens (tertiary/aromatic N) is 1. The van der Waals surface area contributed by atoms with Crippen molar-refractivity contribution in [1.82, 2.24) is 4.31 Å². The maximum Gasteiger partial charge on any atom is 0.252 e. The maximum absolute atomic E-state index is 12.1. The predicted octanol–water partition coefficient (Wildman–Crippen LogP) is 0.286. The molecule has 2 rings (SSSR count). The van der Waals surface area contributed by atoms with E-state index in [1.165, 1.54) is 16.4 Å². The van der Waals surface area contributed by atoms with Crippen LogP contribution in [0.1, 0.15) is 28.9 Å². The average molecular weight is 274 g/mol. The van der Waals surface area contributed by atoms with Crippen molar-refractivity contribution in [1.29, 1.82) is 0 Å². The van der Waals surface area contributed by atoms with Crippen molar-refractivity contribution in [2.24, 2.45) is 0 Å². The van der Waals surface area contributed by atoms with Crippen LogP contribution in [0, 0.1) is 0 Å². The number of hydrogen-bond acceptors (Lipinski definition) is 5. The Labute approximate surface area is 104 Å². The monoisotopic (exact) mass is 274 g/mol. The first kappa shape index (κ1) is 12.5.